The number of fused-ring (bicyclic) bond motifs is 1. The van der Waals surface area contributed by atoms with Crippen molar-refractivity contribution in [3.8, 4) is 0 Å². The molecule has 0 unspecified atom stereocenters. The summed E-state index contributed by atoms with van der Waals surface area (Å²) in [5, 5.41) is 0. The Balaban J connectivity index is 2.08. The van der Waals surface area contributed by atoms with Crippen molar-refractivity contribution >= 4 is 5.91 Å². The number of nitrogens with zero attached hydrogens (tertiary/aromatic N) is 3. The first-order chi connectivity index (χ1) is 9.11. The molecule has 0 atom stereocenters. The van der Waals surface area contributed by atoms with E-state index in [2.05, 4.69) is 9.88 Å². The van der Waals surface area contributed by atoms with Gasteiger partial charge in [0.05, 0.1) is 13.2 Å². The molecular formula is C14H21N3O2. The van der Waals surface area contributed by atoms with E-state index in [0.29, 0.717) is 13.2 Å². The van der Waals surface area contributed by atoms with Crippen molar-refractivity contribution in [2.45, 2.75) is 19.6 Å². The van der Waals surface area contributed by atoms with E-state index in [1.807, 2.05) is 12.4 Å². The molecule has 1 aliphatic rings. The number of likely N-dealkylation sites (N-methyl/N-ethyl adjacent to an activating group) is 1. The van der Waals surface area contributed by atoms with E-state index in [0.717, 1.165) is 19.5 Å². The van der Waals surface area contributed by atoms with Gasteiger partial charge in [-0.2, -0.15) is 0 Å². The lowest BCUT2D eigenvalue weighted by atomic mass is 9.97. The van der Waals surface area contributed by atoms with Crippen LogP contribution in [0.25, 0.3) is 0 Å². The predicted octanol–water partition coefficient (Wildman–Crippen LogP) is 0.674. The molecule has 0 spiro atoms. The van der Waals surface area contributed by atoms with Gasteiger partial charge in [0, 0.05) is 46.7 Å². The lowest BCUT2D eigenvalue weighted by Gasteiger charge is -2.29. The van der Waals surface area contributed by atoms with Crippen LogP contribution in [-0.4, -0.2) is 55.0 Å². The fourth-order valence-corrected chi connectivity index (χ4v) is 2.37. The first kappa shape index (κ1) is 14.0. The Labute approximate surface area is 114 Å². The van der Waals surface area contributed by atoms with Crippen molar-refractivity contribution < 1.29 is 9.53 Å². The van der Waals surface area contributed by atoms with E-state index in [9.17, 15) is 4.79 Å². The minimum Gasteiger partial charge on any atom is -0.380 e. The molecule has 1 aliphatic heterocycles. The minimum atomic E-state index is 0.143. The molecule has 2 rings (SSSR count). The summed E-state index contributed by atoms with van der Waals surface area (Å²) in [6, 6.07) is 0. The highest BCUT2D eigenvalue weighted by Gasteiger charge is 2.21. The number of rotatable bonds is 4. The summed E-state index contributed by atoms with van der Waals surface area (Å²) >= 11 is 0. The molecule has 0 N–H and O–H groups in total. The third kappa shape index (κ3) is 3.30. The number of carbonyl (C=O) groups excluding carboxylic acids is 1. The molecule has 1 aromatic heterocycles. The van der Waals surface area contributed by atoms with Gasteiger partial charge in [-0.05, 0) is 23.1 Å². The van der Waals surface area contributed by atoms with Crippen molar-refractivity contribution in [2.24, 2.45) is 0 Å². The highest BCUT2D eigenvalue weighted by Crippen LogP contribution is 2.21. The number of aromatic nitrogens is 1. The summed E-state index contributed by atoms with van der Waals surface area (Å²) in [5.41, 5.74) is 3.72. The molecular weight excluding hydrogens is 242 g/mol. The number of pyridine rings is 1. The number of methoxy groups -OCH3 is 1. The van der Waals surface area contributed by atoms with Crippen LogP contribution in [0, 0.1) is 0 Å². The fourth-order valence-electron chi connectivity index (χ4n) is 2.37. The van der Waals surface area contributed by atoms with Gasteiger partial charge in [-0.3, -0.25) is 14.7 Å². The van der Waals surface area contributed by atoms with Crippen molar-refractivity contribution in [1.82, 2.24) is 14.8 Å². The number of ether oxygens (including phenoxy) is 1. The van der Waals surface area contributed by atoms with Crippen LogP contribution >= 0.6 is 0 Å². The number of hydrogen-bond donors (Lipinski definition) is 0. The smallest absolute Gasteiger partial charge is 0.236 e. The van der Waals surface area contributed by atoms with Gasteiger partial charge >= 0.3 is 0 Å². The predicted molar refractivity (Wildman–Crippen MR) is 72.6 cm³/mol. The molecule has 0 bridgehead atoms. The van der Waals surface area contributed by atoms with E-state index in [4.69, 9.17) is 4.74 Å². The second kappa shape index (κ2) is 6.12. The molecule has 0 saturated heterocycles. The molecule has 0 saturated carbocycles. The van der Waals surface area contributed by atoms with Crippen LogP contribution in [0.3, 0.4) is 0 Å². The van der Waals surface area contributed by atoms with Gasteiger partial charge in [0.25, 0.3) is 0 Å². The first-order valence-electron chi connectivity index (χ1n) is 6.48. The average molecular weight is 263 g/mol. The molecule has 19 heavy (non-hydrogen) atoms. The lowest BCUT2D eigenvalue weighted by molar-refractivity contribution is -0.130. The maximum absolute atomic E-state index is 11.7. The molecule has 0 aromatic carbocycles. The molecule has 0 radical (unpaired) electrons. The second-order valence-electron chi connectivity index (χ2n) is 5.12. The monoisotopic (exact) mass is 263 g/mol. The van der Waals surface area contributed by atoms with Crippen LogP contribution < -0.4 is 0 Å². The van der Waals surface area contributed by atoms with Crippen molar-refractivity contribution in [3.63, 3.8) is 0 Å². The molecule has 1 amide bonds. The van der Waals surface area contributed by atoms with Crippen LogP contribution in [-0.2, 0) is 29.1 Å². The Hall–Kier alpha value is -1.46. The Kier molecular flexibility index (Phi) is 4.50. The molecule has 0 fully saturated rings. The van der Waals surface area contributed by atoms with Gasteiger partial charge in [-0.25, -0.2) is 0 Å². The second-order valence-corrected chi connectivity index (χ2v) is 5.12. The third-order valence-corrected chi connectivity index (χ3v) is 3.47. The number of carbonyl (C=O) groups is 1. The largest absolute Gasteiger partial charge is 0.380 e. The van der Waals surface area contributed by atoms with Crippen molar-refractivity contribution in [1.29, 1.82) is 0 Å². The summed E-state index contributed by atoms with van der Waals surface area (Å²) in [5.74, 6) is 0.143. The summed E-state index contributed by atoms with van der Waals surface area (Å²) in [4.78, 5) is 19.8. The first-order valence-corrected chi connectivity index (χ1v) is 6.48. The van der Waals surface area contributed by atoms with Crippen LogP contribution in [0.5, 0.6) is 0 Å². The minimum absolute atomic E-state index is 0.143. The van der Waals surface area contributed by atoms with E-state index in [-0.39, 0.29) is 5.91 Å². The van der Waals surface area contributed by atoms with Crippen LogP contribution in [0.15, 0.2) is 12.4 Å². The van der Waals surface area contributed by atoms with E-state index >= 15 is 0 Å². The zero-order valence-electron chi connectivity index (χ0n) is 11.8. The molecule has 1 aromatic rings. The van der Waals surface area contributed by atoms with Gasteiger partial charge in [-0.15, -0.1) is 0 Å². The van der Waals surface area contributed by atoms with Crippen LogP contribution in [0.4, 0.5) is 0 Å². The topological polar surface area (TPSA) is 45.7 Å². The number of amides is 1. The summed E-state index contributed by atoms with van der Waals surface area (Å²) in [6.07, 6.45) is 4.74. The standard InChI is InChI=1S/C14H21N3O2/c1-16(2)14(18)9-17-5-4-13-11(8-17)6-15-7-12(13)10-19-3/h6-7H,4-5,8-10H2,1-3H3. The lowest BCUT2D eigenvalue weighted by Crippen LogP contribution is -2.39. The Morgan fingerprint density at radius 1 is 1.47 bits per heavy atom. The van der Waals surface area contributed by atoms with Crippen LogP contribution in [0.1, 0.15) is 16.7 Å². The summed E-state index contributed by atoms with van der Waals surface area (Å²) in [7, 11) is 5.28. The molecule has 5 heteroatoms. The Morgan fingerprint density at radius 3 is 2.95 bits per heavy atom. The average Bonchev–Trinajstić information content (AvgIpc) is 2.39. The fraction of sp³-hybridized carbons (Fsp3) is 0.571. The van der Waals surface area contributed by atoms with E-state index in [1.54, 1.807) is 26.1 Å². The molecule has 104 valence electrons. The van der Waals surface area contributed by atoms with Gasteiger partial charge in [0.2, 0.25) is 5.91 Å². The Morgan fingerprint density at radius 2 is 2.26 bits per heavy atom. The summed E-state index contributed by atoms with van der Waals surface area (Å²) < 4.78 is 5.20. The van der Waals surface area contributed by atoms with Crippen molar-refractivity contribution in [2.75, 3.05) is 34.3 Å². The highest BCUT2D eigenvalue weighted by atomic mass is 16.5. The normalized spacial score (nSPS) is 15.1. The van der Waals surface area contributed by atoms with Gasteiger partial charge < -0.3 is 9.64 Å². The molecule has 2 heterocycles. The molecule has 5 nitrogen and oxygen atoms in total. The molecule has 0 aliphatic carbocycles. The maximum atomic E-state index is 11.7. The van der Waals surface area contributed by atoms with Crippen LogP contribution in [0.2, 0.25) is 0 Å². The third-order valence-electron chi connectivity index (χ3n) is 3.47. The highest BCUT2D eigenvalue weighted by molar-refractivity contribution is 5.77. The maximum Gasteiger partial charge on any atom is 0.236 e. The zero-order chi connectivity index (χ0) is 13.8. The van der Waals surface area contributed by atoms with Crippen molar-refractivity contribution in [3.05, 3.63) is 29.1 Å². The summed E-state index contributed by atoms with van der Waals surface area (Å²) in [6.45, 7) is 2.78. The Bertz CT molecular complexity index is 460. The number of hydrogen-bond acceptors (Lipinski definition) is 4. The van der Waals surface area contributed by atoms with Gasteiger partial charge in [-0.1, -0.05) is 0 Å². The van der Waals surface area contributed by atoms with Gasteiger partial charge in [0.1, 0.15) is 0 Å². The quantitative estimate of drug-likeness (QED) is 0.801. The van der Waals surface area contributed by atoms with Gasteiger partial charge in [0.15, 0.2) is 0 Å². The zero-order valence-corrected chi connectivity index (χ0v) is 11.8. The van der Waals surface area contributed by atoms with E-state index < -0.39 is 0 Å². The van der Waals surface area contributed by atoms with E-state index in [1.165, 1.54) is 16.7 Å². The SMILES string of the molecule is COCc1cncc2c1CCN(CC(=O)N(C)C)C2.